The second kappa shape index (κ2) is 17.6. The van der Waals surface area contributed by atoms with Gasteiger partial charge in [-0.25, -0.2) is 0 Å². The first-order valence-electron chi connectivity index (χ1n) is 26.5. The van der Waals surface area contributed by atoms with E-state index in [1.807, 2.05) is 0 Å². The van der Waals surface area contributed by atoms with E-state index in [4.69, 9.17) is 9.47 Å². The van der Waals surface area contributed by atoms with Gasteiger partial charge < -0.3 is 19.3 Å². The average molecular weight is 959 g/mol. The van der Waals surface area contributed by atoms with E-state index in [2.05, 4.69) is 258 Å². The minimum absolute atomic E-state index is 0.0456. The Kier molecular flexibility index (Phi) is 11.7. The number of hydrogen-bond donors (Lipinski definition) is 0. The van der Waals surface area contributed by atoms with E-state index in [9.17, 15) is 0 Å². The fraction of sp³-hybridized carbons (Fsp3) is 0.294. The third-order valence-corrected chi connectivity index (χ3v) is 15.5. The highest BCUT2D eigenvalue weighted by molar-refractivity contribution is 7.00. The monoisotopic (exact) mass is 959 g/mol. The Bertz CT molecular complexity index is 3340. The van der Waals surface area contributed by atoms with Gasteiger partial charge in [0, 0.05) is 40.4 Å². The molecule has 11 rings (SSSR count). The zero-order chi connectivity index (χ0) is 51.4. The summed E-state index contributed by atoms with van der Waals surface area (Å²) in [6.07, 6.45) is 0.812. The molecule has 0 amide bonds. The van der Waals surface area contributed by atoms with Crippen LogP contribution in [0.1, 0.15) is 117 Å². The maximum Gasteiger partial charge on any atom is 0.252 e. The molecule has 8 aromatic rings. The minimum Gasteiger partial charge on any atom is -0.489 e. The lowest BCUT2D eigenvalue weighted by Crippen LogP contribution is -2.61. The number of hydrogen-bond acceptors (Lipinski definition) is 4. The lowest BCUT2D eigenvalue weighted by atomic mass is 9.33. The molecule has 0 N–H and O–H groups in total. The average Bonchev–Trinajstić information content (AvgIpc) is 3.61. The predicted octanol–water partition coefficient (Wildman–Crippen LogP) is 16.4. The molecule has 0 aromatic heterocycles. The molecule has 0 saturated carbocycles. The lowest BCUT2D eigenvalue weighted by molar-refractivity contribution is 0.297. The topological polar surface area (TPSA) is 24.9 Å². The van der Waals surface area contributed by atoms with Crippen molar-refractivity contribution in [1.82, 2.24) is 0 Å². The van der Waals surface area contributed by atoms with Gasteiger partial charge in [-0.05, 0) is 155 Å². The van der Waals surface area contributed by atoms with Gasteiger partial charge in [0.1, 0.15) is 5.69 Å². The number of aryl methyl sites for hydroxylation is 1. The fourth-order valence-electron chi connectivity index (χ4n) is 11.3. The molecule has 8 aromatic carbocycles. The second-order valence-corrected chi connectivity index (χ2v) is 25.0. The van der Waals surface area contributed by atoms with Gasteiger partial charge in [0.25, 0.3) is 6.71 Å². The van der Waals surface area contributed by atoms with E-state index >= 15 is 0 Å². The maximum atomic E-state index is 6.92. The third kappa shape index (κ3) is 8.73. The summed E-state index contributed by atoms with van der Waals surface area (Å²) in [6.45, 7) is 31.1. The van der Waals surface area contributed by atoms with Crippen molar-refractivity contribution in [2.75, 3.05) is 23.0 Å². The summed E-state index contributed by atoms with van der Waals surface area (Å²) in [5.74, 6) is 1.56. The van der Waals surface area contributed by atoms with E-state index in [0.717, 1.165) is 51.8 Å². The van der Waals surface area contributed by atoms with Crippen molar-refractivity contribution in [2.45, 2.75) is 118 Å². The molecule has 0 radical (unpaired) electrons. The smallest absolute Gasteiger partial charge is 0.252 e. The molecule has 368 valence electrons. The first kappa shape index (κ1) is 48.3. The molecule has 0 bridgehead atoms. The van der Waals surface area contributed by atoms with Gasteiger partial charge in [-0.15, -0.1) is 0 Å². The molecule has 0 aliphatic carbocycles. The summed E-state index contributed by atoms with van der Waals surface area (Å²) in [4.78, 5) is 5.12. The molecule has 4 nitrogen and oxygen atoms in total. The highest BCUT2D eigenvalue weighted by Gasteiger charge is 2.45. The van der Waals surface area contributed by atoms with Crippen LogP contribution in [-0.2, 0) is 21.7 Å². The van der Waals surface area contributed by atoms with E-state index in [0.29, 0.717) is 13.2 Å². The predicted molar refractivity (Wildman–Crippen MR) is 312 cm³/mol. The molecule has 3 heterocycles. The summed E-state index contributed by atoms with van der Waals surface area (Å²) < 4.78 is 13.5. The molecule has 3 aliphatic heterocycles. The van der Waals surface area contributed by atoms with Crippen LogP contribution in [0.4, 0.5) is 34.1 Å². The van der Waals surface area contributed by atoms with E-state index in [-0.39, 0.29) is 28.4 Å². The molecular formula is C68H71BN2O2. The van der Waals surface area contributed by atoms with Gasteiger partial charge in [0.05, 0.1) is 13.2 Å². The number of anilines is 6. The van der Waals surface area contributed by atoms with Crippen LogP contribution in [0.2, 0.25) is 0 Å². The molecular weight excluding hydrogens is 888 g/mol. The van der Waals surface area contributed by atoms with Crippen LogP contribution >= 0.6 is 0 Å². The van der Waals surface area contributed by atoms with Crippen molar-refractivity contribution in [1.29, 1.82) is 0 Å². The Balaban J connectivity index is 1.24. The van der Waals surface area contributed by atoms with Crippen LogP contribution in [0.15, 0.2) is 158 Å². The van der Waals surface area contributed by atoms with Crippen molar-refractivity contribution in [3.63, 3.8) is 0 Å². The number of nitrogens with zero attached hydrogens (tertiary/aromatic N) is 2. The number of benzene rings is 8. The summed E-state index contributed by atoms with van der Waals surface area (Å²) in [5.41, 5.74) is 24.1. The van der Waals surface area contributed by atoms with Crippen molar-refractivity contribution in [3.05, 3.63) is 186 Å². The van der Waals surface area contributed by atoms with Crippen LogP contribution in [-0.4, -0.2) is 19.9 Å². The summed E-state index contributed by atoms with van der Waals surface area (Å²) in [7, 11) is 0. The zero-order valence-electron chi connectivity index (χ0n) is 45.4. The molecule has 0 fully saturated rings. The van der Waals surface area contributed by atoms with Crippen LogP contribution in [0.25, 0.3) is 33.4 Å². The van der Waals surface area contributed by atoms with Gasteiger partial charge in [0.2, 0.25) is 0 Å². The summed E-state index contributed by atoms with van der Waals surface area (Å²) in [5, 5.41) is 0. The van der Waals surface area contributed by atoms with Gasteiger partial charge in [0.15, 0.2) is 11.5 Å². The van der Waals surface area contributed by atoms with Crippen LogP contribution in [0.5, 0.6) is 11.5 Å². The fourth-order valence-corrected chi connectivity index (χ4v) is 11.3. The van der Waals surface area contributed by atoms with Crippen LogP contribution in [0, 0.1) is 6.92 Å². The highest BCUT2D eigenvalue weighted by atomic mass is 16.5. The third-order valence-electron chi connectivity index (χ3n) is 15.5. The molecule has 0 saturated heterocycles. The second-order valence-electron chi connectivity index (χ2n) is 25.0. The van der Waals surface area contributed by atoms with Gasteiger partial charge in [-0.1, -0.05) is 186 Å². The van der Waals surface area contributed by atoms with E-state index in [1.54, 1.807) is 0 Å². The molecule has 5 heteroatoms. The minimum atomic E-state index is -0.0873. The first-order valence-corrected chi connectivity index (χ1v) is 26.5. The Morgan fingerprint density at radius 2 is 0.890 bits per heavy atom. The molecule has 0 spiro atoms. The Hall–Kier alpha value is -6.98. The summed E-state index contributed by atoms with van der Waals surface area (Å²) >= 11 is 0. The van der Waals surface area contributed by atoms with Crippen molar-refractivity contribution >= 4 is 57.2 Å². The molecule has 73 heavy (non-hydrogen) atoms. The van der Waals surface area contributed by atoms with Crippen LogP contribution in [0.3, 0.4) is 0 Å². The summed E-state index contributed by atoms with van der Waals surface area (Å²) in [6, 6.07) is 60.3. The van der Waals surface area contributed by atoms with Crippen molar-refractivity contribution in [2.24, 2.45) is 0 Å². The Morgan fingerprint density at radius 3 is 1.41 bits per heavy atom. The Morgan fingerprint density at radius 1 is 0.411 bits per heavy atom. The lowest BCUT2D eigenvalue weighted by Gasteiger charge is -2.45. The van der Waals surface area contributed by atoms with Gasteiger partial charge >= 0.3 is 0 Å². The first-order chi connectivity index (χ1) is 34.6. The molecule has 0 unspecified atom stereocenters. The molecule has 0 atom stereocenters. The number of fused-ring (bicyclic) bond motifs is 5. The van der Waals surface area contributed by atoms with Gasteiger partial charge in [-0.2, -0.15) is 0 Å². The SMILES string of the molecule is Cc1cc2c3c(c1)N(c1c(-c4ccccc4)ccc4c1OCCCO4)c1ccc(C(C)(C)C)cc1B3c1cc(C(C)(C)C)ccc1N2c1cc(-c2ccc(C(C)(C)C)cc2)cc(-c2ccc(C(C)(C)C)cc2)c1. The van der Waals surface area contributed by atoms with Crippen molar-refractivity contribution < 1.29 is 9.47 Å². The molecule has 3 aliphatic rings. The van der Waals surface area contributed by atoms with E-state index in [1.165, 1.54) is 77.8 Å². The normalized spacial score (nSPS) is 14.3. The quantitative estimate of drug-likeness (QED) is 0.161. The zero-order valence-corrected chi connectivity index (χ0v) is 45.4. The van der Waals surface area contributed by atoms with Crippen LogP contribution < -0.4 is 35.7 Å². The van der Waals surface area contributed by atoms with Crippen molar-refractivity contribution in [3.8, 4) is 44.9 Å². The largest absolute Gasteiger partial charge is 0.489 e. The number of ether oxygens (including phenoxy) is 2. The van der Waals surface area contributed by atoms with Gasteiger partial charge in [-0.3, -0.25) is 0 Å². The maximum absolute atomic E-state index is 6.92. The Labute approximate surface area is 436 Å². The van der Waals surface area contributed by atoms with E-state index < -0.39 is 0 Å². The number of rotatable bonds is 5. The highest BCUT2D eigenvalue weighted by Crippen LogP contribution is 2.54. The standard InChI is InChI=1S/C68H71BN2O2/c1-43-36-59-62-60(37-43)71(63-54(46-18-15-14-16-19-46)30-33-61-64(63)73-35-17-34-72-61)58-32-29-52(68(11,12)13)42-56(58)69(62)55-41-51(67(8,9)10)28-31-57(55)70(59)53-39-47(44-20-24-49(25-21-44)65(2,3)4)38-48(40-53)45-22-26-50(27-23-45)66(5,6)7/h14-16,18-33,36-42H,17,34-35H2,1-13H3.